The number of aromatic nitrogens is 4. The first kappa shape index (κ1) is 71.7. The van der Waals surface area contributed by atoms with Gasteiger partial charge >= 0.3 is 24.0 Å². The molecule has 12 rings (SSSR count). The Morgan fingerprint density at radius 1 is 0.818 bits per heavy atom. The molecule has 5 fully saturated rings. The summed E-state index contributed by atoms with van der Waals surface area (Å²) in [5.41, 5.74) is 2.98. The molecule has 4 amide bonds. The van der Waals surface area contributed by atoms with E-state index in [0.29, 0.717) is 51.9 Å². The number of anilines is 2. The summed E-state index contributed by atoms with van der Waals surface area (Å²) in [7, 11) is 0. The molecule has 3 unspecified atom stereocenters. The van der Waals surface area contributed by atoms with E-state index in [1.807, 2.05) is 40.8 Å². The fourth-order valence-electron chi connectivity index (χ4n) is 15.8. The van der Waals surface area contributed by atoms with E-state index >= 15 is 4.39 Å². The van der Waals surface area contributed by atoms with E-state index in [2.05, 4.69) is 40.1 Å². The predicted molar refractivity (Wildman–Crippen MR) is 357 cm³/mol. The van der Waals surface area contributed by atoms with Gasteiger partial charge in [-0.05, 0) is 134 Å². The van der Waals surface area contributed by atoms with Crippen LogP contribution in [0.1, 0.15) is 108 Å². The molecule has 1 saturated heterocycles. The maximum atomic E-state index is 15.4. The van der Waals surface area contributed by atoms with Crippen LogP contribution in [0.2, 0.25) is 0 Å². The molecular weight excluding hydrogens is 1330 g/mol. The predicted octanol–water partition coefficient (Wildman–Crippen LogP) is 6.07. The Balaban J connectivity index is 0.693. The Morgan fingerprint density at radius 2 is 1.59 bits per heavy atom. The number of pyridine rings is 1. The van der Waals surface area contributed by atoms with Gasteiger partial charge < -0.3 is 79.9 Å². The zero-order valence-corrected chi connectivity index (χ0v) is 56.6. The average Bonchev–Trinajstić information content (AvgIpc) is 0.982. The molecule has 3 aromatic carbocycles. The van der Waals surface area contributed by atoms with Crippen LogP contribution < -0.4 is 35.6 Å². The van der Waals surface area contributed by atoms with Crippen LogP contribution in [-0.4, -0.2) is 193 Å². The van der Waals surface area contributed by atoms with Gasteiger partial charge in [0.1, 0.15) is 54.7 Å². The number of fused-ring (bicyclic) bond motifs is 2. The normalized spacial score (nSPS) is 24.7. The number of nitrogens with one attached hydrogen (secondary N) is 4. The number of hydrogen-bond donors (Lipinski definition) is 10. The number of ether oxygens (including phenoxy) is 6. The minimum atomic E-state index is -1.95. The Bertz CT molecular complexity index is 3990. The molecular formula is C68H80FN9O19S2. The van der Waals surface area contributed by atoms with Crippen molar-refractivity contribution in [1.29, 1.82) is 0 Å². The summed E-state index contributed by atoms with van der Waals surface area (Å²) < 4.78 is 53.5. The molecule has 4 bridgehead atoms. The largest absolute Gasteiger partial charge is 0.491 e. The second-order valence-corrected chi connectivity index (χ2v) is 28.9. The number of aliphatic hydroxyl groups is 3. The van der Waals surface area contributed by atoms with Crippen LogP contribution in [-0.2, 0) is 64.2 Å². The van der Waals surface area contributed by atoms with Crippen molar-refractivity contribution in [2.75, 3.05) is 69.1 Å². The van der Waals surface area contributed by atoms with Crippen LogP contribution in [0.4, 0.5) is 20.1 Å². The van der Waals surface area contributed by atoms with Gasteiger partial charge in [0, 0.05) is 79.7 Å². The highest BCUT2D eigenvalue weighted by Crippen LogP contribution is 2.72. The number of carbonyl (C=O) groups is 7. The topological polar surface area (TPSA) is 391 Å². The summed E-state index contributed by atoms with van der Waals surface area (Å²) in [5, 5.41) is 75.9. The number of carboxylic acids is 3. The number of rotatable bonds is 30. The number of thiazole rings is 1. The van der Waals surface area contributed by atoms with Crippen molar-refractivity contribution in [1.82, 2.24) is 35.7 Å². The lowest BCUT2D eigenvalue weighted by molar-refractivity contribution is -0.271. The van der Waals surface area contributed by atoms with Crippen molar-refractivity contribution in [2.24, 2.45) is 16.2 Å². The molecule has 4 aliphatic carbocycles. The number of nitrogens with zero attached hydrogens (tertiary/aromatic N) is 5. The minimum absolute atomic E-state index is 0.00234. The fourth-order valence-corrected chi connectivity index (χ4v) is 17.2. The number of thioether (sulfide) groups is 1. The molecule has 10 N–H and O–H groups in total. The number of aromatic carboxylic acids is 1. The number of aliphatic carboxylic acids is 2. The first-order valence-electron chi connectivity index (χ1n) is 32.5. The Kier molecular flexibility index (Phi) is 21.8. The summed E-state index contributed by atoms with van der Waals surface area (Å²) in [6.07, 6.45) is -1.77. The number of alkyl carbamates (subject to hydrolysis) is 1. The van der Waals surface area contributed by atoms with Crippen molar-refractivity contribution in [3.8, 4) is 22.6 Å². The first-order chi connectivity index (χ1) is 47.2. The summed E-state index contributed by atoms with van der Waals surface area (Å²) in [5.74, 6) is -5.22. The van der Waals surface area contributed by atoms with Gasteiger partial charge in [0.15, 0.2) is 16.9 Å². The molecule has 0 spiro atoms. The molecule has 28 nitrogen and oxygen atoms in total. The van der Waals surface area contributed by atoms with E-state index in [1.165, 1.54) is 41.7 Å². The van der Waals surface area contributed by atoms with E-state index in [9.17, 15) is 59.1 Å². The van der Waals surface area contributed by atoms with Crippen LogP contribution in [0, 0.1) is 29.0 Å². The van der Waals surface area contributed by atoms with Gasteiger partial charge in [-0.1, -0.05) is 37.3 Å². The van der Waals surface area contributed by atoms with E-state index in [4.69, 9.17) is 43.6 Å². The van der Waals surface area contributed by atoms with Crippen molar-refractivity contribution in [2.45, 2.75) is 140 Å². The van der Waals surface area contributed by atoms with E-state index in [1.54, 1.807) is 24.6 Å². The number of para-hydroxylation sites is 1. The van der Waals surface area contributed by atoms with Crippen molar-refractivity contribution >= 4 is 86.0 Å². The average molecular weight is 1410 g/mol. The summed E-state index contributed by atoms with van der Waals surface area (Å²) >= 11 is 2.42. The molecule has 99 heavy (non-hydrogen) atoms. The highest BCUT2D eigenvalue weighted by atomic mass is 32.2. The van der Waals surface area contributed by atoms with Gasteiger partial charge in [0.2, 0.25) is 18.1 Å². The lowest BCUT2D eigenvalue weighted by Crippen LogP contribution is -2.64. The number of carboxylic acid groups (broad SMARTS) is 3. The molecule has 2 aliphatic heterocycles. The Hall–Kier alpha value is -8.56. The second kappa shape index (κ2) is 30.1. The van der Waals surface area contributed by atoms with Crippen LogP contribution in [0.5, 0.6) is 11.5 Å². The number of benzene rings is 3. The van der Waals surface area contributed by atoms with Crippen LogP contribution in [0.15, 0.2) is 72.9 Å². The number of halogens is 1. The van der Waals surface area contributed by atoms with Gasteiger partial charge in [0.25, 0.3) is 5.91 Å². The molecule has 0 radical (unpaired) electrons. The van der Waals surface area contributed by atoms with Crippen LogP contribution >= 0.6 is 23.1 Å². The zero-order chi connectivity index (χ0) is 70.6. The molecule has 6 aliphatic rings. The summed E-state index contributed by atoms with van der Waals surface area (Å²) in [4.78, 5) is 98.8. The Morgan fingerprint density at radius 3 is 2.32 bits per heavy atom. The van der Waals surface area contributed by atoms with Crippen LogP contribution in [0.3, 0.4) is 0 Å². The van der Waals surface area contributed by atoms with Gasteiger partial charge in [0.05, 0.1) is 53.5 Å². The minimum Gasteiger partial charge on any atom is -0.491 e. The lowest BCUT2D eigenvalue weighted by Gasteiger charge is -2.69. The van der Waals surface area contributed by atoms with Crippen molar-refractivity contribution < 1.29 is 97.0 Å². The molecule has 31 heteroatoms. The standard InChI is InChI=1S/C68H80FN9O19S2/c1-37-43(41-12-14-50(75-53(41)60(87)88)77-20-16-40-44(28-77)42(11-13-45(40)69)58(85)76-63-74-46-7-5-6-8-48(46)99-63)27-73-78(37)36-67-31-65(2)30-66(3,32-67)34-68(33-65,35-67)95-22-19-72-64(91)94-29-38-9-10-39(96-62-56(84)54(82)55(83)57(97-62)61(89)90)25-47(38)93-24-23-92-21-18-70-51(79)15-17-71-59(86)49(98-4)26-52(80)81/h5-14,25,27,49,54-57,62,82-84H,15-24,26,28-36H2,1-4H3,(H,70,79)(H,71,86)(H,72,91)(H,80,81)(H,87,88)(H,89,90)(H,74,76,85)/t49?,54-,55-,56+,57-,62+,65?,66?,67?,68?/m0/s1. The lowest BCUT2D eigenvalue weighted by atomic mass is 9.39. The molecule has 5 heterocycles. The van der Waals surface area contributed by atoms with Gasteiger partial charge in [-0.15, -0.1) is 0 Å². The number of hydrogen-bond acceptors (Lipinski definition) is 22. The van der Waals surface area contributed by atoms with E-state index in [0.717, 1.165) is 66.2 Å². The third-order valence-electron chi connectivity index (χ3n) is 18.9. The molecule has 8 atom stereocenters. The summed E-state index contributed by atoms with van der Waals surface area (Å²) in [6.45, 7) is 7.61. The Labute approximate surface area is 576 Å². The maximum Gasteiger partial charge on any atom is 0.407 e. The fraction of sp³-hybridized carbons (Fsp3) is 0.500. The maximum absolute atomic E-state index is 15.4. The van der Waals surface area contributed by atoms with Crippen LogP contribution in [0.25, 0.3) is 21.3 Å². The smallest absolute Gasteiger partial charge is 0.407 e. The van der Waals surface area contributed by atoms with Crippen molar-refractivity contribution in [3.63, 3.8) is 0 Å². The van der Waals surface area contributed by atoms with E-state index < -0.39 is 83.2 Å². The quantitative estimate of drug-likeness (QED) is 0.0229. The monoisotopic (exact) mass is 1410 g/mol. The van der Waals surface area contributed by atoms with Gasteiger partial charge in [-0.3, -0.25) is 29.2 Å². The highest BCUT2D eigenvalue weighted by Gasteiger charge is 2.66. The van der Waals surface area contributed by atoms with Gasteiger partial charge in [-0.2, -0.15) is 16.9 Å². The van der Waals surface area contributed by atoms with Crippen molar-refractivity contribution in [3.05, 3.63) is 112 Å². The molecule has 3 aromatic heterocycles. The molecule has 4 saturated carbocycles. The first-order valence-corrected chi connectivity index (χ1v) is 34.6. The third-order valence-corrected chi connectivity index (χ3v) is 20.8. The zero-order valence-electron chi connectivity index (χ0n) is 55.0. The summed E-state index contributed by atoms with van der Waals surface area (Å²) in [6, 6.07) is 18.0. The molecule has 6 aromatic rings. The molecule has 530 valence electrons. The van der Waals surface area contributed by atoms with E-state index in [-0.39, 0.29) is 123 Å². The number of carbonyl (C=O) groups excluding carboxylic acids is 4. The number of aliphatic hydroxyl groups excluding tert-OH is 3. The highest BCUT2D eigenvalue weighted by molar-refractivity contribution is 7.99. The SMILES string of the molecule is CSC(CC(=O)O)C(=O)NCCC(=O)NCCOCCOc1cc(O[C@@H]2O[C@H](C(=O)O)[C@@H](O)[C@H](O)[C@H]2O)ccc1COC(=O)NCCOC12CC3(C)CC(C)(CC(Cn4ncc(-c5ccc(N6CCc7c(F)ccc(C(=O)Nc8nc9ccccc9s8)c7C6)nc5C(=O)O)c4C)(C3)C1)C2. The second-order valence-electron chi connectivity index (χ2n) is 26.8. The third kappa shape index (κ3) is 16.5. The van der Waals surface area contributed by atoms with Gasteiger partial charge in [-0.25, -0.2) is 28.7 Å². The number of amides is 4.